The second kappa shape index (κ2) is 12.3. The van der Waals surface area contributed by atoms with Crippen molar-refractivity contribution in [3.05, 3.63) is 71.3 Å². The molecule has 0 radical (unpaired) electrons. The molecular weight excluding hydrogens is 436 g/mol. The Morgan fingerprint density at radius 1 is 0.914 bits per heavy atom. The third kappa shape index (κ3) is 6.71. The third-order valence-electron chi connectivity index (χ3n) is 7.87. The third-order valence-corrected chi connectivity index (χ3v) is 7.87. The highest BCUT2D eigenvalue weighted by molar-refractivity contribution is 5.90. The van der Waals surface area contributed by atoms with E-state index in [1.54, 1.807) is 4.90 Å². The normalized spacial score (nSPS) is 21.6. The fraction of sp³-hybridized carbons (Fsp3) is 0.517. The van der Waals surface area contributed by atoms with Crippen LogP contribution in [0.2, 0.25) is 0 Å². The number of nitrogens with two attached hydrogens (primary N) is 2. The lowest BCUT2D eigenvalue weighted by Crippen LogP contribution is -2.51. The van der Waals surface area contributed by atoms with Gasteiger partial charge in [-0.25, -0.2) is 0 Å². The minimum absolute atomic E-state index is 0.0742. The molecule has 0 spiro atoms. The van der Waals surface area contributed by atoms with E-state index in [0.717, 1.165) is 24.0 Å². The highest BCUT2D eigenvalue weighted by Crippen LogP contribution is 2.38. The van der Waals surface area contributed by atoms with Gasteiger partial charge in [0.05, 0.1) is 6.04 Å². The van der Waals surface area contributed by atoms with E-state index in [9.17, 15) is 9.59 Å². The van der Waals surface area contributed by atoms with Crippen LogP contribution in [0.5, 0.6) is 0 Å². The van der Waals surface area contributed by atoms with E-state index < -0.39 is 12.1 Å². The number of benzene rings is 2. The Bertz CT molecular complexity index is 956. The molecule has 0 bridgehead atoms. The molecule has 1 aliphatic heterocycles. The molecule has 6 nitrogen and oxygen atoms in total. The zero-order valence-corrected chi connectivity index (χ0v) is 20.7. The summed E-state index contributed by atoms with van der Waals surface area (Å²) < 4.78 is 0. The quantitative estimate of drug-likeness (QED) is 0.515. The molecule has 3 atom stereocenters. The largest absolute Gasteiger partial charge is 0.350 e. The van der Waals surface area contributed by atoms with Gasteiger partial charge in [-0.05, 0) is 47.8 Å². The maximum absolute atomic E-state index is 13.5. The van der Waals surface area contributed by atoms with Crippen LogP contribution in [0.25, 0.3) is 0 Å². The van der Waals surface area contributed by atoms with Gasteiger partial charge in [0.15, 0.2) is 0 Å². The number of likely N-dealkylation sites (tertiary alicyclic amines) is 1. The molecule has 5 N–H and O–H groups in total. The van der Waals surface area contributed by atoms with Crippen molar-refractivity contribution >= 4 is 11.8 Å². The van der Waals surface area contributed by atoms with Gasteiger partial charge in [0.2, 0.25) is 11.8 Å². The second-order valence-electron chi connectivity index (χ2n) is 10.3. The first-order chi connectivity index (χ1) is 17.0. The first kappa shape index (κ1) is 25.4. The minimum atomic E-state index is -0.598. The van der Waals surface area contributed by atoms with Gasteiger partial charge in [0, 0.05) is 19.6 Å². The van der Waals surface area contributed by atoms with Crippen molar-refractivity contribution in [1.82, 2.24) is 10.2 Å². The molecule has 1 aliphatic carbocycles. The monoisotopic (exact) mass is 476 g/mol. The van der Waals surface area contributed by atoms with E-state index >= 15 is 0 Å². The van der Waals surface area contributed by atoms with Crippen LogP contribution in [0.4, 0.5) is 0 Å². The molecule has 1 saturated heterocycles. The van der Waals surface area contributed by atoms with Crippen LogP contribution < -0.4 is 16.8 Å². The van der Waals surface area contributed by atoms with Gasteiger partial charge >= 0.3 is 0 Å². The maximum atomic E-state index is 13.5. The van der Waals surface area contributed by atoms with Gasteiger partial charge < -0.3 is 21.7 Å². The summed E-state index contributed by atoms with van der Waals surface area (Å²) in [6, 6.07) is 17.0. The number of carbonyl (C=O) groups excluding carboxylic acids is 2. The van der Waals surface area contributed by atoms with Crippen molar-refractivity contribution in [3.8, 4) is 0 Å². The standard InChI is InChI=1S/C29H40N4O2/c30-18-22-11-13-23(14-12-22)19-32-28(34)27-17-25(24-9-5-2-6-10-24)20-33(27)29(35)26(31)16-15-21-7-3-1-4-8-21/h1,3-4,7-8,11-14,24-27H,2,5-6,9-10,15-20,30-31H2,(H,32,34)/t25-,26+,27-/m0/s1. The molecule has 1 heterocycles. The molecule has 0 unspecified atom stereocenters. The molecule has 0 aromatic heterocycles. The number of nitrogens with one attached hydrogen (secondary N) is 1. The first-order valence-corrected chi connectivity index (χ1v) is 13.2. The zero-order valence-electron chi connectivity index (χ0n) is 20.7. The molecule has 6 heteroatoms. The van der Waals surface area contributed by atoms with Crippen LogP contribution in [0, 0.1) is 11.8 Å². The lowest BCUT2D eigenvalue weighted by Gasteiger charge is -2.28. The second-order valence-corrected chi connectivity index (χ2v) is 10.3. The van der Waals surface area contributed by atoms with Crippen LogP contribution >= 0.6 is 0 Å². The molecule has 2 aromatic carbocycles. The number of nitrogens with zero attached hydrogens (tertiary/aromatic N) is 1. The number of hydrogen-bond donors (Lipinski definition) is 3. The molecule has 188 valence electrons. The van der Waals surface area contributed by atoms with Crippen molar-refractivity contribution in [2.24, 2.45) is 23.3 Å². The van der Waals surface area contributed by atoms with E-state index in [2.05, 4.69) is 17.4 Å². The first-order valence-electron chi connectivity index (χ1n) is 13.2. The molecule has 1 saturated carbocycles. The summed E-state index contributed by atoms with van der Waals surface area (Å²) in [5, 5.41) is 3.08. The van der Waals surface area contributed by atoms with Gasteiger partial charge in [-0.1, -0.05) is 86.7 Å². The van der Waals surface area contributed by atoms with Crippen molar-refractivity contribution in [3.63, 3.8) is 0 Å². The van der Waals surface area contributed by atoms with E-state index in [0.29, 0.717) is 37.9 Å². The summed E-state index contributed by atoms with van der Waals surface area (Å²) in [5.74, 6) is 0.808. The predicted molar refractivity (Wildman–Crippen MR) is 139 cm³/mol. The maximum Gasteiger partial charge on any atom is 0.243 e. The van der Waals surface area contributed by atoms with Crippen LogP contribution in [-0.2, 0) is 29.1 Å². The lowest BCUT2D eigenvalue weighted by atomic mass is 9.79. The van der Waals surface area contributed by atoms with Gasteiger partial charge in [-0.15, -0.1) is 0 Å². The van der Waals surface area contributed by atoms with Crippen molar-refractivity contribution in [1.29, 1.82) is 0 Å². The van der Waals surface area contributed by atoms with Crippen LogP contribution in [0.15, 0.2) is 54.6 Å². The topological polar surface area (TPSA) is 101 Å². The van der Waals surface area contributed by atoms with Crippen molar-refractivity contribution in [2.75, 3.05) is 6.54 Å². The summed E-state index contributed by atoms with van der Waals surface area (Å²) in [5.41, 5.74) is 15.3. The average molecular weight is 477 g/mol. The molecule has 2 aliphatic rings. The van der Waals surface area contributed by atoms with Crippen LogP contribution in [0.1, 0.15) is 61.6 Å². The summed E-state index contributed by atoms with van der Waals surface area (Å²) in [4.78, 5) is 28.6. The molecular formula is C29H40N4O2. The van der Waals surface area contributed by atoms with E-state index in [4.69, 9.17) is 11.5 Å². The number of aryl methyl sites for hydroxylation is 1. The predicted octanol–water partition coefficient (Wildman–Crippen LogP) is 3.52. The fourth-order valence-electron chi connectivity index (χ4n) is 5.71. The average Bonchev–Trinajstić information content (AvgIpc) is 3.37. The highest BCUT2D eigenvalue weighted by Gasteiger charge is 2.43. The van der Waals surface area contributed by atoms with Crippen molar-refractivity contribution in [2.45, 2.75) is 76.5 Å². The van der Waals surface area contributed by atoms with Gasteiger partial charge in [-0.3, -0.25) is 9.59 Å². The van der Waals surface area contributed by atoms with Crippen LogP contribution in [0.3, 0.4) is 0 Å². The van der Waals surface area contributed by atoms with E-state index in [1.165, 1.54) is 37.7 Å². The molecule has 2 aromatic rings. The van der Waals surface area contributed by atoms with Gasteiger partial charge in [0.25, 0.3) is 0 Å². The molecule has 35 heavy (non-hydrogen) atoms. The Kier molecular flexibility index (Phi) is 8.94. The minimum Gasteiger partial charge on any atom is -0.350 e. The lowest BCUT2D eigenvalue weighted by molar-refractivity contribution is -0.139. The van der Waals surface area contributed by atoms with E-state index in [-0.39, 0.29) is 11.8 Å². The number of hydrogen-bond acceptors (Lipinski definition) is 4. The Morgan fingerprint density at radius 3 is 2.29 bits per heavy atom. The Hall–Kier alpha value is -2.70. The highest BCUT2D eigenvalue weighted by atomic mass is 16.2. The van der Waals surface area contributed by atoms with Gasteiger partial charge in [-0.2, -0.15) is 0 Å². The summed E-state index contributed by atoms with van der Waals surface area (Å²) in [6.07, 6.45) is 8.27. The summed E-state index contributed by atoms with van der Waals surface area (Å²) >= 11 is 0. The Balaban J connectivity index is 1.41. The fourth-order valence-corrected chi connectivity index (χ4v) is 5.71. The Labute approximate surface area is 209 Å². The molecule has 4 rings (SSSR count). The smallest absolute Gasteiger partial charge is 0.243 e. The van der Waals surface area contributed by atoms with E-state index in [1.807, 2.05) is 42.5 Å². The zero-order chi connectivity index (χ0) is 24.6. The number of amides is 2. The summed E-state index contributed by atoms with van der Waals surface area (Å²) in [6.45, 7) is 1.58. The SMILES string of the molecule is NCc1ccc(CNC(=O)[C@@H]2C[C@H](C3CCCCC3)CN2C(=O)[C@H](N)CCc2ccccc2)cc1. The van der Waals surface area contributed by atoms with Gasteiger partial charge in [0.1, 0.15) is 6.04 Å². The molecule has 2 amide bonds. The number of rotatable bonds is 9. The summed E-state index contributed by atoms with van der Waals surface area (Å²) in [7, 11) is 0. The number of carbonyl (C=O) groups is 2. The van der Waals surface area contributed by atoms with Crippen molar-refractivity contribution < 1.29 is 9.59 Å². The Morgan fingerprint density at radius 2 is 1.60 bits per heavy atom. The van der Waals surface area contributed by atoms with Crippen LogP contribution in [-0.4, -0.2) is 35.3 Å². The molecule has 2 fully saturated rings.